The summed E-state index contributed by atoms with van der Waals surface area (Å²) in [5.41, 5.74) is -0.862. The molecule has 114 valence electrons. The summed E-state index contributed by atoms with van der Waals surface area (Å²) in [5, 5.41) is 32.4. The van der Waals surface area contributed by atoms with Crippen molar-refractivity contribution in [2.24, 2.45) is 0 Å². The second-order valence-corrected chi connectivity index (χ2v) is 4.08. The van der Waals surface area contributed by atoms with Crippen LogP contribution in [0.1, 0.15) is 6.92 Å². The van der Waals surface area contributed by atoms with Gasteiger partial charge in [0.2, 0.25) is 5.82 Å². The molecular weight excluding hydrogens is 289 g/mol. The Morgan fingerprint density at radius 1 is 1.43 bits per heavy atom. The Balaban J connectivity index is 2.77. The minimum Gasteiger partial charge on any atom is -0.480 e. The molecule has 0 aliphatic heterocycles. The summed E-state index contributed by atoms with van der Waals surface area (Å²) in [6.07, 6.45) is -1.35. The van der Waals surface area contributed by atoms with Gasteiger partial charge in [0.1, 0.15) is 0 Å². The van der Waals surface area contributed by atoms with E-state index in [-0.39, 0.29) is 5.69 Å². The van der Waals surface area contributed by atoms with E-state index < -0.39 is 40.6 Å². The van der Waals surface area contributed by atoms with Crippen LogP contribution in [-0.4, -0.2) is 39.3 Å². The highest BCUT2D eigenvalue weighted by atomic mass is 19.1. The van der Waals surface area contributed by atoms with Crippen LogP contribution < -0.4 is 10.6 Å². The van der Waals surface area contributed by atoms with Crippen molar-refractivity contribution < 1.29 is 29.1 Å². The maximum Gasteiger partial charge on any atom is 0.328 e. The highest BCUT2D eigenvalue weighted by Gasteiger charge is 2.25. The number of carboxylic acids is 1. The molecule has 0 saturated carbocycles. The molecule has 0 aromatic heterocycles. The summed E-state index contributed by atoms with van der Waals surface area (Å²) in [4.78, 5) is 31.8. The second kappa shape index (κ2) is 6.61. The molecule has 4 N–H and O–H groups in total. The van der Waals surface area contributed by atoms with Gasteiger partial charge in [-0.3, -0.25) is 10.1 Å². The van der Waals surface area contributed by atoms with Crippen molar-refractivity contribution in [2.75, 3.05) is 5.32 Å². The van der Waals surface area contributed by atoms with Gasteiger partial charge in [0.05, 0.1) is 11.0 Å². The van der Waals surface area contributed by atoms with Crippen molar-refractivity contribution in [3.05, 3.63) is 34.1 Å². The number of carbonyl (C=O) groups excluding carboxylic acids is 1. The van der Waals surface area contributed by atoms with Crippen LogP contribution in [0.4, 0.5) is 20.6 Å². The van der Waals surface area contributed by atoms with Crippen molar-refractivity contribution in [1.29, 1.82) is 0 Å². The smallest absolute Gasteiger partial charge is 0.328 e. The number of nitrogens with one attached hydrogen (secondary N) is 2. The summed E-state index contributed by atoms with van der Waals surface area (Å²) in [7, 11) is 0. The molecular formula is C11H12FN3O6. The van der Waals surface area contributed by atoms with Crippen molar-refractivity contribution in [2.45, 2.75) is 19.1 Å². The number of benzene rings is 1. The fourth-order valence-corrected chi connectivity index (χ4v) is 1.43. The molecule has 0 aliphatic carbocycles. The number of hydrogen-bond acceptors (Lipinski definition) is 5. The second-order valence-electron chi connectivity index (χ2n) is 4.08. The summed E-state index contributed by atoms with van der Waals surface area (Å²) in [6, 6.07) is 0.104. The number of nitro groups is 1. The number of rotatable bonds is 5. The number of anilines is 1. The van der Waals surface area contributed by atoms with Crippen LogP contribution in [0, 0.1) is 15.9 Å². The van der Waals surface area contributed by atoms with E-state index in [1.165, 1.54) is 6.92 Å². The lowest BCUT2D eigenvalue weighted by Crippen LogP contribution is -2.49. The number of urea groups is 1. The lowest BCUT2D eigenvalue weighted by atomic mass is 10.2. The standard InChI is InChI=1S/C11H12FN3O6/c1-5(16)9(10(17)18)14-11(19)13-6-2-3-8(15(20)21)7(12)4-6/h2-5,9,16H,1H3,(H,17,18)(H2,13,14,19)/t5-,9+/m1/s1. The maximum absolute atomic E-state index is 13.3. The fraction of sp³-hybridized carbons (Fsp3) is 0.273. The molecule has 0 fully saturated rings. The SMILES string of the molecule is C[C@@H](O)[C@H](NC(=O)Nc1ccc([N+](=O)[O-])c(F)c1)C(=O)O. The molecule has 0 radical (unpaired) electrons. The van der Waals surface area contributed by atoms with Crippen molar-refractivity contribution in [3.8, 4) is 0 Å². The molecule has 0 aliphatic rings. The largest absolute Gasteiger partial charge is 0.480 e. The van der Waals surface area contributed by atoms with Crippen LogP contribution in [-0.2, 0) is 4.79 Å². The molecule has 2 atom stereocenters. The first-order chi connectivity index (χ1) is 9.72. The van der Waals surface area contributed by atoms with Gasteiger partial charge in [-0.05, 0) is 13.0 Å². The number of carbonyl (C=O) groups is 2. The summed E-state index contributed by atoms with van der Waals surface area (Å²) >= 11 is 0. The molecule has 0 saturated heterocycles. The van der Waals surface area contributed by atoms with Gasteiger partial charge in [0.25, 0.3) is 0 Å². The zero-order valence-electron chi connectivity index (χ0n) is 10.7. The number of aliphatic hydroxyl groups excluding tert-OH is 1. The van der Waals surface area contributed by atoms with Crippen LogP contribution in [0.2, 0.25) is 0 Å². The molecule has 10 heteroatoms. The van der Waals surface area contributed by atoms with Crippen LogP contribution in [0.5, 0.6) is 0 Å². The van der Waals surface area contributed by atoms with E-state index >= 15 is 0 Å². The van der Waals surface area contributed by atoms with E-state index in [9.17, 15) is 29.2 Å². The van der Waals surface area contributed by atoms with E-state index in [2.05, 4.69) is 5.32 Å². The Morgan fingerprint density at radius 2 is 2.05 bits per heavy atom. The van der Waals surface area contributed by atoms with Crippen molar-refractivity contribution >= 4 is 23.4 Å². The number of hydrogen-bond donors (Lipinski definition) is 4. The maximum atomic E-state index is 13.3. The van der Waals surface area contributed by atoms with Crippen LogP contribution in [0.3, 0.4) is 0 Å². The highest BCUT2D eigenvalue weighted by molar-refractivity contribution is 5.92. The quantitative estimate of drug-likeness (QED) is 0.465. The zero-order valence-corrected chi connectivity index (χ0v) is 10.7. The first-order valence-corrected chi connectivity index (χ1v) is 5.64. The predicted molar refractivity (Wildman–Crippen MR) is 68.3 cm³/mol. The van der Waals surface area contributed by atoms with Crippen LogP contribution >= 0.6 is 0 Å². The third kappa shape index (κ3) is 4.38. The van der Waals surface area contributed by atoms with Gasteiger partial charge >= 0.3 is 17.7 Å². The molecule has 0 unspecified atom stereocenters. The number of aliphatic carboxylic acids is 1. The van der Waals surface area contributed by atoms with Gasteiger partial charge < -0.3 is 20.8 Å². The lowest BCUT2D eigenvalue weighted by molar-refractivity contribution is -0.387. The molecule has 1 rings (SSSR count). The number of nitro benzene ring substituents is 1. The van der Waals surface area contributed by atoms with Crippen LogP contribution in [0.15, 0.2) is 18.2 Å². The zero-order chi connectivity index (χ0) is 16.2. The predicted octanol–water partition coefficient (Wildman–Crippen LogP) is 0.689. The Labute approximate surface area is 117 Å². The number of carboxylic acid groups (broad SMARTS) is 1. The van der Waals surface area contributed by atoms with E-state index in [0.717, 1.165) is 18.2 Å². The molecule has 0 heterocycles. The summed E-state index contributed by atoms with van der Waals surface area (Å²) in [6.45, 7) is 1.17. The first kappa shape index (κ1) is 16.3. The Kier molecular flexibility index (Phi) is 5.13. The Morgan fingerprint density at radius 3 is 2.48 bits per heavy atom. The topological polar surface area (TPSA) is 142 Å². The number of nitrogens with zero attached hydrogens (tertiary/aromatic N) is 1. The summed E-state index contributed by atoms with van der Waals surface area (Å²) < 4.78 is 13.3. The number of halogens is 1. The summed E-state index contributed by atoms with van der Waals surface area (Å²) in [5.74, 6) is -2.60. The molecule has 0 spiro atoms. The van der Waals surface area contributed by atoms with E-state index in [0.29, 0.717) is 0 Å². The molecule has 1 aromatic rings. The average molecular weight is 301 g/mol. The molecule has 2 amide bonds. The Hall–Kier alpha value is -2.75. The van der Waals surface area contributed by atoms with Crippen molar-refractivity contribution in [1.82, 2.24) is 5.32 Å². The number of aliphatic hydroxyl groups is 1. The first-order valence-electron chi connectivity index (χ1n) is 5.64. The van der Waals surface area contributed by atoms with Gasteiger partial charge in [-0.1, -0.05) is 0 Å². The molecule has 1 aromatic carbocycles. The fourth-order valence-electron chi connectivity index (χ4n) is 1.43. The lowest BCUT2D eigenvalue weighted by Gasteiger charge is -2.17. The van der Waals surface area contributed by atoms with E-state index in [1.807, 2.05) is 5.32 Å². The highest BCUT2D eigenvalue weighted by Crippen LogP contribution is 2.20. The molecule has 0 bridgehead atoms. The third-order valence-electron chi connectivity index (χ3n) is 2.44. The third-order valence-corrected chi connectivity index (χ3v) is 2.44. The minimum absolute atomic E-state index is 0.106. The van der Waals surface area contributed by atoms with E-state index in [1.54, 1.807) is 0 Å². The van der Waals surface area contributed by atoms with Crippen molar-refractivity contribution in [3.63, 3.8) is 0 Å². The van der Waals surface area contributed by atoms with E-state index in [4.69, 9.17) is 5.11 Å². The minimum atomic E-state index is -1.55. The molecule has 21 heavy (non-hydrogen) atoms. The molecule has 9 nitrogen and oxygen atoms in total. The van der Waals surface area contributed by atoms with Crippen LogP contribution in [0.25, 0.3) is 0 Å². The average Bonchev–Trinajstić information content (AvgIpc) is 2.34. The normalized spacial score (nSPS) is 13.1. The van der Waals surface area contributed by atoms with Gasteiger partial charge in [0, 0.05) is 17.8 Å². The monoisotopic (exact) mass is 301 g/mol. The van der Waals surface area contributed by atoms with Gasteiger partial charge in [-0.2, -0.15) is 4.39 Å². The van der Waals surface area contributed by atoms with Gasteiger partial charge in [-0.15, -0.1) is 0 Å². The van der Waals surface area contributed by atoms with Gasteiger partial charge in [-0.25, -0.2) is 9.59 Å². The number of amides is 2. The van der Waals surface area contributed by atoms with Gasteiger partial charge in [0.15, 0.2) is 6.04 Å². The Bertz CT molecular complexity index is 577.